The fraction of sp³-hybridized carbons (Fsp3) is 0.909. The van der Waals surface area contributed by atoms with Crippen LogP contribution >= 0.6 is 11.8 Å². The predicted molar refractivity (Wildman–Crippen MR) is 68.3 cm³/mol. The second kappa shape index (κ2) is 9.04. The molecule has 0 aromatic heterocycles. The lowest BCUT2D eigenvalue weighted by molar-refractivity contribution is -0.124. The minimum Gasteiger partial charge on any atom is -0.356 e. The summed E-state index contributed by atoms with van der Waals surface area (Å²) < 4.78 is 0. The molecule has 15 heavy (non-hydrogen) atoms. The summed E-state index contributed by atoms with van der Waals surface area (Å²) in [7, 11) is 0. The van der Waals surface area contributed by atoms with Gasteiger partial charge in [0.2, 0.25) is 5.91 Å². The number of nitrogens with one attached hydrogen (secondary N) is 2. The highest BCUT2D eigenvalue weighted by atomic mass is 32.2. The highest BCUT2D eigenvalue weighted by Gasteiger charge is 2.12. The van der Waals surface area contributed by atoms with Gasteiger partial charge in [0.1, 0.15) is 0 Å². The topological polar surface area (TPSA) is 41.1 Å². The van der Waals surface area contributed by atoms with E-state index < -0.39 is 0 Å². The highest BCUT2D eigenvalue weighted by molar-refractivity contribution is 7.98. The highest BCUT2D eigenvalue weighted by Crippen LogP contribution is 2.03. The number of amides is 1. The van der Waals surface area contributed by atoms with E-state index in [9.17, 15) is 4.79 Å². The molecule has 2 atom stereocenters. The molecule has 2 N–H and O–H groups in total. The molecule has 0 fully saturated rings. The van der Waals surface area contributed by atoms with Crippen LogP contribution in [0.3, 0.4) is 0 Å². The number of rotatable bonds is 8. The van der Waals surface area contributed by atoms with Gasteiger partial charge in [-0.05, 0) is 24.5 Å². The summed E-state index contributed by atoms with van der Waals surface area (Å²) in [6.07, 6.45) is 2.09. The van der Waals surface area contributed by atoms with Crippen LogP contribution in [0, 0.1) is 11.8 Å². The summed E-state index contributed by atoms with van der Waals surface area (Å²) in [5, 5.41) is 6.16. The first-order valence-electron chi connectivity index (χ1n) is 5.59. The Kier molecular flexibility index (Phi) is 8.91. The maximum atomic E-state index is 11.6. The largest absolute Gasteiger partial charge is 0.356 e. The van der Waals surface area contributed by atoms with E-state index >= 15 is 0 Å². The molecule has 1 amide bonds. The third-order valence-electron chi connectivity index (χ3n) is 2.22. The minimum atomic E-state index is 0.0615. The Labute approximate surface area is 97.8 Å². The molecule has 0 saturated heterocycles. The maximum absolute atomic E-state index is 11.6. The van der Waals surface area contributed by atoms with Crippen LogP contribution in [0.25, 0.3) is 0 Å². The Bertz CT molecular complexity index is 176. The van der Waals surface area contributed by atoms with Crippen LogP contribution in [0.2, 0.25) is 0 Å². The molecular weight excluding hydrogens is 208 g/mol. The average molecular weight is 232 g/mol. The standard InChI is InChI=1S/C11H24N2OS/c1-5-12-7-10(3)11(14)13-6-9(2)8-15-4/h9-10,12H,5-8H2,1-4H3,(H,13,14). The Morgan fingerprint density at radius 1 is 1.33 bits per heavy atom. The summed E-state index contributed by atoms with van der Waals surface area (Å²) in [6.45, 7) is 8.63. The zero-order valence-corrected chi connectivity index (χ0v) is 11.1. The molecule has 2 unspecified atom stereocenters. The quantitative estimate of drug-likeness (QED) is 0.664. The van der Waals surface area contributed by atoms with Crippen molar-refractivity contribution in [1.29, 1.82) is 0 Å². The molecule has 0 spiro atoms. The minimum absolute atomic E-state index is 0.0615. The van der Waals surface area contributed by atoms with Crippen molar-refractivity contribution < 1.29 is 4.79 Å². The van der Waals surface area contributed by atoms with Gasteiger partial charge in [0.15, 0.2) is 0 Å². The van der Waals surface area contributed by atoms with E-state index in [1.807, 2.05) is 25.6 Å². The van der Waals surface area contributed by atoms with Gasteiger partial charge in [0.25, 0.3) is 0 Å². The van der Waals surface area contributed by atoms with E-state index in [2.05, 4.69) is 23.8 Å². The van der Waals surface area contributed by atoms with Crippen molar-refractivity contribution in [2.75, 3.05) is 31.6 Å². The Morgan fingerprint density at radius 3 is 2.53 bits per heavy atom. The van der Waals surface area contributed by atoms with Crippen LogP contribution in [0.4, 0.5) is 0 Å². The number of hydrogen-bond acceptors (Lipinski definition) is 3. The second-order valence-corrected chi connectivity index (χ2v) is 4.93. The lowest BCUT2D eigenvalue weighted by Crippen LogP contribution is -2.37. The lowest BCUT2D eigenvalue weighted by Gasteiger charge is -2.15. The monoisotopic (exact) mass is 232 g/mol. The van der Waals surface area contributed by atoms with Gasteiger partial charge in [0, 0.05) is 19.0 Å². The SMILES string of the molecule is CCNCC(C)C(=O)NCC(C)CSC. The molecule has 90 valence electrons. The Balaban J connectivity index is 3.63. The van der Waals surface area contributed by atoms with Gasteiger partial charge in [-0.2, -0.15) is 11.8 Å². The molecule has 0 heterocycles. The van der Waals surface area contributed by atoms with Crippen LogP contribution in [-0.4, -0.2) is 37.6 Å². The number of thioether (sulfide) groups is 1. The molecule has 0 radical (unpaired) electrons. The predicted octanol–water partition coefficient (Wildman–Crippen LogP) is 1.35. The molecule has 3 nitrogen and oxygen atoms in total. The molecule has 0 saturated carbocycles. The van der Waals surface area contributed by atoms with Crippen LogP contribution in [0.15, 0.2) is 0 Å². The van der Waals surface area contributed by atoms with Crippen molar-refractivity contribution in [2.45, 2.75) is 20.8 Å². The third kappa shape index (κ3) is 7.68. The normalized spacial score (nSPS) is 14.7. The molecule has 0 rings (SSSR count). The fourth-order valence-electron chi connectivity index (χ4n) is 1.25. The van der Waals surface area contributed by atoms with E-state index in [0.717, 1.165) is 25.4 Å². The van der Waals surface area contributed by atoms with E-state index in [1.165, 1.54) is 0 Å². The Hall–Kier alpha value is -0.220. The van der Waals surface area contributed by atoms with Crippen molar-refractivity contribution in [3.05, 3.63) is 0 Å². The van der Waals surface area contributed by atoms with Crippen molar-refractivity contribution in [1.82, 2.24) is 10.6 Å². The van der Waals surface area contributed by atoms with Crippen LogP contribution in [0.5, 0.6) is 0 Å². The molecule has 0 aliphatic rings. The number of carbonyl (C=O) groups excluding carboxylic acids is 1. The van der Waals surface area contributed by atoms with Crippen LogP contribution in [-0.2, 0) is 4.79 Å². The molecule has 0 aliphatic heterocycles. The van der Waals surface area contributed by atoms with Crippen LogP contribution in [0.1, 0.15) is 20.8 Å². The van der Waals surface area contributed by atoms with Gasteiger partial charge in [-0.15, -0.1) is 0 Å². The third-order valence-corrected chi connectivity index (χ3v) is 3.13. The molecular formula is C11H24N2OS. The number of carbonyl (C=O) groups is 1. The van der Waals surface area contributed by atoms with E-state index in [0.29, 0.717) is 5.92 Å². The van der Waals surface area contributed by atoms with Gasteiger partial charge < -0.3 is 10.6 Å². The zero-order chi connectivity index (χ0) is 11.7. The smallest absolute Gasteiger partial charge is 0.224 e. The Morgan fingerprint density at radius 2 is 2.00 bits per heavy atom. The van der Waals surface area contributed by atoms with Gasteiger partial charge in [0.05, 0.1) is 0 Å². The first kappa shape index (κ1) is 14.8. The lowest BCUT2D eigenvalue weighted by atomic mass is 10.1. The molecule has 0 aromatic carbocycles. The summed E-state index contributed by atoms with van der Waals surface area (Å²) in [5.74, 6) is 1.87. The van der Waals surface area contributed by atoms with Crippen molar-refractivity contribution in [3.63, 3.8) is 0 Å². The van der Waals surface area contributed by atoms with Gasteiger partial charge >= 0.3 is 0 Å². The molecule has 4 heteroatoms. The maximum Gasteiger partial charge on any atom is 0.224 e. The summed E-state index contributed by atoms with van der Waals surface area (Å²) in [6, 6.07) is 0. The first-order valence-corrected chi connectivity index (χ1v) is 6.98. The number of hydrogen-bond donors (Lipinski definition) is 2. The summed E-state index contributed by atoms with van der Waals surface area (Å²) >= 11 is 1.82. The van der Waals surface area contributed by atoms with Crippen molar-refractivity contribution in [3.8, 4) is 0 Å². The van der Waals surface area contributed by atoms with E-state index in [-0.39, 0.29) is 11.8 Å². The molecule has 0 aromatic rings. The molecule has 0 aliphatic carbocycles. The first-order chi connectivity index (χ1) is 7.11. The fourth-order valence-corrected chi connectivity index (χ4v) is 1.93. The summed E-state index contributed by atoms with van der Waals surface area (Å²) in [4.78, 5) is 11.6. The molecule has 0 bridgehead atoms. The zero-order valence-electron chi connectivity index (χ0n) is 10.3. The second-order valence-electron chi connectivity index (χ2n) is 4.01. The van der Waals surface area contributed by atoms with Crippen molar-refractivity contribution >= 4 is 17.7 Å². The van der Waals surface area contributed by atoms with E-state index in [4.69, 9.17) is 0 Å². The van der Waals surface area contributed by atoms with Crippen molar-refractivity contribution in [2.24, 2.45) is 11.8 Å². The van der Waals surface area contributed by atoms with Gasteiger partial charge in [-0.3, -0.25) is 4.79 Å². The van der Waals surface area contributed by atoms with Gasteiger partial charge in [-0.25, -0.2) is 0 Å². The van der Waals surface area contributed by atoms with E-state index in [1.54, 1.807) is 0 Å². The van der Waals surface area contributed by atoms with Crippen LogP contribution < -0.4 is 10.6 Å². The van der Waals surface area contributed by atoms with Gasteiger partial charge in [-0.1, -0.05) is 20.8 Å². The average Bonchev–Trinajstić information content (AvgIpc) is 2.22. The summed E-state index contributed by atoms with van der Waals surface area (Å²) in [5.41, 5.74) is 0.